The molecule has 18 nitrogen and oxygen atoms in total. The molecule has 2 aromatic heterocycles. The van der Waals surface area contributed by atoms with E-state index in [0.717, 1.165) is 105 Å². The fraction of sp³-hybridized carbons (Fsp3) is 0.414. The van der Waals surface area contributed by atoms with E-state index in [-0.39, 0.29) is 23.7 Å². The lowest BCUT2D eigenvalue weighted by molar-refractivity contribution is -0.127. The zero-order valence-electron chi connectivity index (χ0n) is 44.4. The molecule has 1 unspecified atom stereocenters. The van der Waals surface area contributed by atoms with Crippen LogP contribution < -0.4 is 33.8 Å². The number of phenols is 1. The van der Waals surface area contributed by atoms with Crippen LogP contribution in [0.3, 0.4) is 0 Å². The first-order valence-corrected chi connectivity index (χ1v) is 26.5. The average molecular weight is 1030 g/mol. The van der Waals surface area contributed by atoms with Crippen molar-refractivity contribution in [3.63, 3.8) is 0 Å². The van der Waals surface area contributed by atoms with Crippen molar-refractivity contribution in [2.75, 3.05) is 133 Å². The number of aromatic hydroxyl groups is 1. The Balaban J connectivity index is 0.811. The van der Waals surface area contributed by atoms with Crippen molar-refractivity contribution in [1.82, 2.24) is 39.5 Å². The third-order valence-corrected chi connectivity index (χ3v) is 14.8. The van der Waals surface area contributed by atoms with Crippen molar-refractivity contribution in [1.29, 1.82) is 0 Å². The maximum Gasteiger partial charge on any atom is 0.318 e. The average Bonchev–Trinajstić information content (AvgIpc) is 3.44. The van der Waals surface area contributed by atoms with E-state index in [1.165, 1.54) is 12.2 Å². The lowest BCUT2D eigenvalue weighted by Gasteiger charge is -2.38. The zero-order valence-corrected chi connectivity index (χ0v) is 44.4. The number of carbonyl (C=O) groups excluding carboxylic acids is 2. The molecule has 2 fully saturated rings. The predicted octanol–water partition coefficient (Wildman–Crippen LogP) is 6.14. The minimum atomic E-state index is -0.120. The van der Waals surface area contributed by atoms with Gasteiger partial charge in [-0.15, -0.1) is 0 Å². The second-order valence-electron chi connectivity index (χ2n) is 20.5. The predicted molar refractivity (Wildman–Crippen MR) is 298 cm³/mol. The Morgan fingerprint density at radius 1 is 0.658 bits per heavy atom. The number of fused-ring (bicyclic) bond motifs is 4. The highest BCUT2D eigenvalue weighted by Crippen LogP contribution is 2.39. The molecule has 18 heteroatoms. The number of nitrogens with zero attached hydrogens (tertiary/aromatic N) is 12. The Bertz CT molecular complexity index is 3100. The molecule has 0 aliphatic carbocycles. The molecule has 6 heterocycles. The van der Waals surface area contributed by atoms with Crippen LogP contribution in [0.4, 0.5) is 23.0 Å². The number of phenolic OH excluding ortho intramolecular Hbond substituents is 1. The molecule has 76 heavy (non-hydrogen) atoms. The summed E-state index contributed by atoms with van der Waals surface area (Å²) >= 11 is 0. The summed E-state index contributed by atoms with van der Waals surface area (Å²) in [6.45, 7) is 19.2. The fourth-order valence-electron chi connectivity index (χ4n) is 11.0. The van der Waals surface area contributed by atoms with Crippen molar-refractivity contribution in [2.24, 2.45) is 0 Å². The highest BCUT2D eigenvalue weighted by atomic mass is 16.5. The van der Waals surface area contributed by atoms with Crippen LogP contribution in [0.15, 0.2) is 98.1 Å². The minimum absolute atomic E-state index is 0.0502. The van der Waals surface area contributed by atoms with Crippen LogP contribution in [-0.4, -0.2) is 176 Å². The van der Waals surface area contributed by atoms with Gasteiger partial charge in [0.05, 0.1) is 31.1 Å². The van der Waals surface area contributed by atoms with Crippen molar-refractivity contribution in [3.8, 4) is 23.5 Å². The number of anilines is 4. The van der Waals surface area contributed by atoms with E-state index in [1.807, 2.05) is 62.1 Å². The molecule has 4 aliphatic heterocycles. The molecule has 2 saturated heterocycles. The SMILES string of the molecule is C=CC(=O)N1CCN(c2nc(OCCCN(C)COc3cc(N4CCc5c(nc(OC(C)CN(C)C)nc5N5CCN(C(=O)C=C)CC5)C4)c4ccccc4c3)nc3c2CCN(c2cc(O)cc4ccccc24)C3)CC1. The molecule has 10 rings (SSSR count). The molecule has 4 aliphatic rings. The van der Waals surface area contributed by atoms with Gasteiger partial charge in [0.2, 0.25) is 11.8 Å². The number of ether oxygens (including phenoxy) is 3. The van der Waals surface area contributed by atoms with Gasteiger partial charge >= 0.3 is 12.0 Å². The highest BCUT2D eigenvalue weighted by Gasteiger charge is 2.32. The van der Waals surface area contributed by atoms with Gasteiger partial charge in [0, 0.05) is 124 Å². The van der Waals surface area contributed by atoms with Gasteiger partial charge in [-0.2, -0.15) is 19.9 Å². The summed E-state index contributed by atoms with van der Waals surface area (Å²) in [5.41, 5.74) is 6.08. The fourth-order valence-corrected chi connectivity index (χ4v) is 11.0. The number of hydrogen-bond donors (Lipinski definition) is 1. The minimum Gasteiger partial charge on any atom is -0.508 e. The van der Waals surface area contributed by atoms with Gasteiger partial charge in [0.25, 0.3) is 0 Å². The quantitative estimate of drug-likeness (QED) is 0.0594. The number of carbonyl (C=O) groups is 2. The van der Waals surface area contributed by atoms with Crippen molar-refractivity contribution in [2.45, 2.75) is 45.4 Å². The van der Waals surface area contributed by atoms with Crippen molar-refractivity contribution < 1.29 is 28.9 Å². The normalized spacial score (nSPS) is 16.2. The summed E-state index contributed by atoms with van der Waals surface area (Å²) < 4.78 is 19.3. The van der Waals surface area contributed by atoms with Crippen LogP contribution >= 0.6 is 0 Å². The smallest absolute Gasteiger partial charge is 0.318 e. The summed E-state index contributed by atoms with van der Waals surface area (Å²) in [4.78, 5) is 62.1. The molecule has 4 aromatic carbocycles. The topological polar surface area (TPSA) is 160 Å². The first kappa shape index (κ1) is 51.8. The van der Waals surface area contributed by atoms with Gasteiger partial charge < -0.3 is 53.6 Å². The second kappa shape index (κ2) is 23.0. The van der Waals surface area contributed by atoms with E-state index >= 15 is 0 Å². The first-order valence-electron chi connectivity index (χ1n) is 26.5. The van der Waals surface area contributed by atoms with Crippen molar-refractivity contribution >= 4 is 56.4 Å². The molecule has 0 bridgehead atoms. The molecule has 1 N–H and O–H groups in total. The van der Waals surface area contributed by atoms with E-state index in [2.05, 4.69) is 85.0 Å². The Labute approximate surface area is 445 Å². The number of benzene rings is 4. The van der Waals surface area contributed by atoms with E-state index < -0.39 is 0 Å². The zero-order chi connectivity index (χ0) is 52.9. The summed E-state index contributed by atoms with van der Waals surface area (Å²) in [7, 11) is 6.09. The summed E-state index contributed by atoms with van der Waals surface area (Å²) in [5.74, 6) is 2.63. The standard InChI is InChI=1S/C58H70N12O6/c1-7-53(72)65-23-27-67(28-24-65)55-47-18-21-69(51-34-43(71)32-41-14-9-11-16-45(41)51)37-49(47)59-57(61-55)74-31-13-20-64(6)39-75-44-33-42-15-10-12-17-46(42)52(35-44)70-22-19-48-50(38-70)60-58(76-40(3)36-63(4)5)62-56(48)68-29-25-66(26-30-68)54(73)8-2/h7-12,14-17,32-35,40,71H,1-2,13,18-31,36-39H2,3-6H3. The monoisotopic (exact) mass is 1030 g/mol. The van der Waals surface area contributed by atoms with Crippen LogP contribution in [-0.2, 0) is 35.5 Å². The second-order valence-corrected chi connectivity index (χ2v) is 20.5. The Kier molecular flexibility index (Phi) is 15.7. The highest BCUT2D eigenvalue weighted by molar-refractivity contribution is 5.97. The molecule has 2 amide bonds. The lowest BCUT2D eigenvalue weighted by Crippen LogP contribution is -2.49. The van der Waals surface area contributed by atoms with E-state index in [1.54, 1.807) is 6.07 Å². The molecule has 0 spiro atoms. The summed E-state index contributed by atoms with van der Waals surface area (Å²) in [6.07, 6.45) is 4.82. The van der Waals surface area contributed by atoms with Crippen LogP contribution in [0.5, 0.6) is 23.5 Å². The Morgan fingerprint density at radius 3 is 1.75 bits per heavy atom. The maximum absolute atomic E-state index is 12.5. The number of likely N-dealkylation sites (N-methyl/N-ethyl adjacent to an activating group) is 1. The van der Waals surface area contributed by atoms with Gasteiger partial charge in [0.15, 0.2) is 0 Å². The van der Waals surface area contributed by atoms with E-state index in [4.69, 9.17) is 34.1 Å². The van der Waals surface area contributed by atoms with Crippen molar-refractivity contribution in [3.05, 3.63) is 121 Å². The third-order valence-electron chi connectivity index (χ3n) is 14.8. The van der Waals surface area contributed by atoms with Crippen LogP contribution in [0, 0.1) is 0 Å². The van der Waals surface area contributed by atoms with E-state index in [9.17, 15) is 14.7 Å². The van der Waals surface area contributed by atoms with Gasteiger partial charge in [-0.3, -0.25) is 14.5 Å². The van der Waals surface area contributed by atoms with Crippen LogP contribution in [0.2, 0.25) is 0 Å². The number of rotatable bonds is 18. The molecule has 0 saturated carbocycles. The van der Waals surface area contributed by atoms with Gasteiger partial charge in [-0.25, -0.2) is 0 Å². The van der Waals surface area contributed by atoms with Crippen LogP contribution in [0.1, 0.15) is 35.9 Å². The molecule has 1 atom stereocenters. The number of hydrogen-bond acceptors (Lipinski definition) is 16. The third kappa shape index (κ3) is 11.6. The largest absolute Gasteiger partial charge is 0.508 e. The number of amides is 2. The molecule has 6 aromatic rings. The molecular formula is C58H70N12O6. The summed E-state index contributed by atoms with van der Waals surface area (Å²) in [6, 6.07) is 25.1. The Hall–Kier alpha value is -7.70. The molecular weight excluding hydrogens is 961 g/mol. The number of aromatic nitrogens is 4. The Morgan fingerprint density at radius 2 is 1.18 bits per heavy atom. The molecule has 0 radical (unpaired) electrons. The summed E-state index contributed by atoms with van der Waals surface area (Å²) in [5, 5.41) is 15.0. The van der Waals surface area contributed by atoms with Gasteiger partial charge in [0.1, 0.15) is 36.0 Å². The number of piperazine rings is 2. The molecule has 398 valence electrons. The first-order chi connectivity index (χ1) is 36.9. The van der Waals surface area contributed by atoms with E-state index in [0.29, 0.717) is 104 Å². The van der Waals surface area contributed by atoms with Crippen LogP contribution in [0.25, 0.3) is 21.5 Å². The van der Waals surface area contributed by atoms with Gasteiger partial charge in [-0.05, 0) is 82.4 Å². The lowest BCUT2D eigenvalue weighted by atomic mass is 10.0. The maximum atomic E-state index is 12.5. The van der Waals surface area contributed by atoms with Gasteiger partial charge in [-0.1, -0.05) is 61.7 Å².